The maximum absolute atomic E-state index is 13.1. The average molecular weight is 427 g/mol. The topological polar surface area (TPSA) is 81.0 Å². The van der Waals surface area contributed by atoms with Crippen LogP contribution in [0.25, 0.3) is 21.8 Å². The van der Waals surface area contributed by atoms with Gasteiger partial charge in [-0.25, -0.2) is 0 Å². The number of amides is 2. The Hall–Kier alpha value is -3.54. The maximum Gasteiger partial charge on any atom is 0.245 e. The number of fused-ring (bicyclic) bond motifs is 2. The SMILES string of the molecule is O=C1CCC(C(=O)N2CCC(c3c[nH]c4ccccc34)(c3c[nH]c4ccccc34)CC2)N1. The Balaban J connectivity index is 1.41. The Bertz CT molecular complexity index is 1250. The molecule has 6 nitrogen and oxygen atoms in total. The molecule has 2 aromatic carbocycles. The fraction of sp³-hybridized carbons (Fsp3) is 0.308. The van der Waals surface area contributed by atoms with Crippen molar-refractivity contribution >= 4 is 33.6 Å². The molecule has 6 rings (SSSR count). The summed E-state index contributed by atoms with van der Waals surface area (Å²) < 4.78 is 0. The van der Waals surface area contributed by atoms with E-state index in [-0.39, 0.29) is 23.3 Å². The summed E-state index contributed by atoms with van der Waals surface area (Å²) in [5.74, 6) is 0.0367. The quantitative estimate of drug-likeness (QED) is 0.465. The van der Waals surface area contributed by atoms with Gasteiger partial charge in [0.25, 0.3) is 0 Å². The molecule has 0 bridgehead atoms. The van der Waals surface area contributed by atoms with Gasteiger partial charge in [0.1, 0.15) is 6.04 Å². The van der Waals surface area contributed by atoms with Crippen LogP contribution in [0.15, 0.2) is 60.9 Å². The van der Waals surface area contributed by atoms with Crippen molar-refractivity contribution in [1.82, 2.24) is 20.2 Å². The van der Waals surface area contributed by atoms with E-state index in [1.165, 1.54) is 21.9 Å². The van der Waals surface area contributed by atoms with Crippen LogP contribution in [0.5, 0.6) is 0 Å². The fourth-order valence-electron chi connectivity index (χ4n) is 5.75. The first-order valence-electron chi connectivity index (χ1n) is 11.4. The van der Waals surface area contributed by atoms with Crippen LogP contribution in [0.2, 0.25) is 0 Å². The van der Waals surface area contributed by atoms with Crippen molar-refractivity contribution in [3.05, 3.63) is 72.1 Å². The number of nitrogens with one attached hydrogen (secondary N) is 3. The summed E-state index contributed by atoms with van der Waals surface area (Å²) in [6.45, 7) is 1.34. The molecular weight excluding hydrogens is 400 g/mol. The Kier molecular flexibility index (Phi) is 4.35. The molecule has 6 heteroatoms. The van der Waals surface area contributed by atoms with Gasteiger partial charge in [-0.15, -0.1) is 0 Å². The number of likely N-dealkylation sites (tertiary alicyclic amines) is 1. The molecule has 2 amide bonds. The standard InChI is InChI=1S/C26H26N4O2/c31-24-10-9-23(29-24)25(32)30-13-11-26(12-14-30,19-15-27-21-7-3-1-5-17(19)21)20-16-28-22-8-4-2-6-18(20)22/h1-8,15-16,23,27-28H,9-14H2,(H,29,31). The third-order valence-electron chi connectivity index (χ3n) is 7.43. The van der Waals surface area contributed by atoms with Gasteiger partial charge in [-0.2, -0.15) is 0 Å². The Morgan fingerprint density at radius 2 is 1.44 bits per heavy atom. The number of carbonyl (C=O) groups excluding carboxylic acids is 2. The van der Waals surface area contributed by atoms with Crippen molar-refractivity contribution in [2.45, 2.75) is 37.1 Å². The van der Waals surface area contributed by atoms with Crippen molar-refractivity contribution in [1.29, 1.82) is 0 Å². The number of aromatic amines is 2. The number of benzene rings is 2. The fourth-order valence-corrected chi connectivity index (χ4v) is 5.75. The molecule has 2 aliphatic rings. The molecule has 0 spiro atoms. The predicted octanol–water partition coefficient (Wildman–Crippen LogP) is 3.84. The second-order valence-corrected chi connectivity index (χ2v) is 9.06. The Morgan fingerprint density at radius 3 is 1.97 bits per heavy atom. The van der Waals surface area contributed by atoms with E-state index in [1.807, 2.05) is 4.90 Å². The molecule has 162 valence electrons. The van der Waals surface area contributed by atoms with Gasteiger partial charge in [0, 0.05) is 59.1 Å². The van der Waals surface area contributed by atoms with Crippen molar-refractivity contribution in [2.75, 3.05) is 13.1 Å². The van der Waals surface area contributed by atoms with Crippen LogP contribution in [-0.4, -0.2) is 45.8 Å². The van der Waals surface area contributed by atoms with Gasteiger partial charge in [-0.05, 0) is 42.5 Å². The lowest BCUT2D eigenvalue weighted by atomic mass is 9.68. The monoisotopic (exact) mass is 426 g/mol. The molecule has 0 radical (unpaired) electrons. The van der Waals surface area contributed by atoms with Crippen molar-refractivity contribution in [3.8, 4) is 0 Å². The Morgan fingerprint density at radius 1 is 0.875 bits per heavy atom. The van der Waals surface area contributed by atoms with Crippen molar-refractivity contribution < 1.29 is 9.59 Å². The van der Waals surface area contributed by atoms with E-state index in [1.54, 1.807) is 0 Å². The minimum atomic E-state index is -0.365. The summed E-state index contributed by atoms with van der Waals surface area (Å²) in [7, 11) is 0. The van der Waals surface area contributed by atoms with Gasteiger partial charge in [-0.1, -0.05) is 36.4 Å². The molecule has 4 heterocycles. The van der Waals surface area contributed by atoms with Gasteiger partial charge in [0.15, 0.2) is 0 Å². The van der Waals surface area contributed by atoms with Gasteiger partial charge < -0.3 is 20.2 Å². The van der Waals surface area contributed by atoms with Crippen LogP contribution >= 0.6 is 0 Å². The van der Waals surface area contributed by atoms with E-state index in [0.29, 0.717) is 25.9 Å². The smallest absolute Gasteiger partial charge is 0.245 e. The molecule has 2 aliphatic heterocycles. The molecule has 2 fully saturated rings. The number of hydrogen-bond acceptors (Lipinski definition) is 2. The van der Waals surface area contributed by atoms with E-state index < -0.39 is 0 Å². The second-order valence-electron chi connectivity index (χ2n) is 9.06. The zero-order valence-corrected chi connectivity index (χ0v) is 17.9. The summed E-state index contributed by atoms with van der Waals surface area (Å²) in [5, 5.41) is 5.31. The molecule has 1 unspecified atom stereocenters. The molecule has 0 saturated carbocycles. The molecule has 1 atom stereocenters. The molecule has 32 heavy (non-hydrogen) atoms. The van der Waals surface area contributed by atoms with Crippen LogP contribution in [0.1, 0.15) is 36.8 Å². The molecule has 2 saturated heterocycles. The number of nitrogens with zero attached hydrogens (tertiary/aromatic N) is 1. The predicted molar refractivity (Wildman–Crippen MR) is 124 cm³/mol. The first-order valence-corrected chi connectivity index (χ1v) is 11.4. The molecule has 2 aromatic heterocycles. The normalized spacial score (nSPS) is 20.7. The lowest BCUT2D eigenvalue weighted by Crippen LogP contribution is -2.51. The first kappa shape index (κ1) is 19.2. The third kappa shape index (κ3) is 2.86. The number of rotatable bonds is 3. The highest BCUT2D eigenvalue weighted by Crippen LogP contribution is 2.47. The lowest BCUT2D eigenvalue weighted by Gasteiger charge is -2.42. The van der Waals surface area contributed by atoms with Crippen molar-refractivity contribution in [3.63, 3.8) is 0 Å². The first-order chi connectivity index (χ1) is 15.7. The van der Waals surface area contributed by atoms with Gasteiger partial charge in [-0.3, -0.25) is 9.59 Å². The highest BCUT2D eigenvalue weighted by Gasteiger charge is 2.43. The van der Waals surface area contributed by atoms with Crippen LogP contribution in [-0.2, 0) is 15.0 Å². The minimum Gasteiger partial charge on any atom is -0.361 e. The number of H-pyrrole nitrogens is 2. The third-order valence-corrected chi connectivity index (χ3v) is 7.43. The summed E-state index contributed by atoms with van der Waals surface area (Å²) >= 11 is 0. The summed E-state index contributed by atoms with van der Waals surface area (Å²) in [5.41, 5.74) is 4.65. The zero-order chi connectivity index (χ0) is 21.7. The van der Waals surface area contributed by atoms with Crippen LogP contribution in [0.3, 0.4) is 0 Å². The number of para-hydroxylation sites is 2. The molecular formula is C26H26N4O2. The lowest BCUT2D eigenvalue weighted by molar-refractivity contribution is -0.135. The van der Waals surface area contributed by atoms with E-state index in [0.717, 1.165) is 23.9 Å². The maximum atomic E-state index is 13.1. The molecule has 4 aromatic rings. The largest absolute Gasteiger partial charge is 0.361 e. The summed E-state index contributed by atoms with van der Waals surface area (Å²) in [4.78, 5) is 33.5. The Labute approximate surface area is 186 Å². The van der Waals surface area contributed by atoms with E-state index >= 15 is 0 Å². The van der Waals surface area contributed by atoms with E-state index in [4.69, 9.17) is 0 Å². The molecule has 3 N–H and O–H groups in total. The zero-order valence-electron chi connectivity index (χ0n) is 17.9. The highest BCUT2D eigenvalue weighted by atomic mass is 16.2. The summed E-state index contributed by atoms with van der Waals surface area (Å²) in [6, 6.07) is 16.5. The van der Waals surface area contributed by atoms with Crippen molar-refractivity contribution in [2.24, 2.45) is 0 Å². The van der Waals surface area contributed by atoms with Gasteiger partial charge >= 0.3 is 0 Å². The number of aromatic nitrogens is 2. The second kappa shape index (κ2) is 7.26. The highest BCUT2D eigenvalue weighted by molar-refractivity contribution is 5.92. The van der Waals surface area contributed by atoms with Crippen LogP contribution in [0, 0.1) is 0 Å². The average Bonchev–Trinajstić information content (AvgIpc) is 3.57. The van der Waals surface area contributed by atoms with Crippen LogP contribution < -0.4 is 5.32 Å². The number of hydrogen-bond donors (Lipinski definition) is 3. The molecule has 0 aliphatic carbocycles. The van der Waals surface area contributed by atoms with Gasteiger partial charge in [0.05, 0.1) is 0 Å². The minimum absolute atomic E-state index is 0.0210. The van der Waals surface area contributed by atoms with Crippen LogP contribution in [0.4, 0.5) is 0 Å². The number of carbonyl (C=O) groups is 2. The van der Waals surface area contributed by atoms with E-state index in [2.05, 4.69) is 76.2 Å². The van der Waals surface area contributed by atoms with E-state index in [9.17, 15) is 9.59 Å². The summed E-state index contributed by atoms with van der Waals surface area (Å²) in [6.07, 6.45) is 7.03. The van der Waals surface area contributed by atoms with Gasteiger partial charge in [0.2, 0.25) is 11.8 Å². The number of piperidine rings is 1.